The SMILES string of the molecule is O=C(/C=C/c1ccccc1)NC1CCC(CCN2CCc3c(ccc(F)c3F)C2)CC1. The quantitative estimate of drug-likeness (QED) is 0.655. The molecular formula is C26H30F2N2O. The third-order valence-corrected chi connectivity index (χ3v) is 6.64. The first kappa shape index (κ1) is 21.7. The van der Waals surface area contributed by atoms with Crippen LogP contribution in [-0.4, -0.2) is 29.9 Å². The highest BCUT2D eigenvalue weighted by molar-refractivity contribution is 5.91. The molecule has 31 heavy (non-hydrogen) atoms. The normalized spacial score (nSPS) is 21.7. The molecule has 0 unspecified atom stereocenters. The van der Waals surface area contributed by atoms with Crippen molar-refractivity contribution in [2.45, 2.75) is 51.1 Å². The van der Waals surface area contributed by atoms with Crippen molar-refractivity contribution in [2.75, 3.05) is 13.1 Å². The molecule has 1 aliphatic carbocycles. The Bertz CT molecular complexity index is 921. The number of rotatable bonds is 6. The minimum atomic E-state index is -0.744. The van der Waals surface area contributed by atoms with E-state index in [1.165, 1.54) is 6.07 Å². The molecule has 2 aromatic carbocycles. The molecule has 1 saturated carbocycles. The molecule has 2 aromatic rings. The summed E-state index contributed by atoms with van der Waals surface area (Å²) in [5, 5.41) is 3.13. The molecule has 0 bridgehead atoms. The Balaban J connectivity index is 1.17. The zero-order valence-corrected chi connectivity index (χ0v) is 17.8. The minimum Gasteiger partial charge on any atom is -0.350 e. The van der Waals surface area contributed by atoms with Gasteiger partial charge in [-0.1, -0.05) is 36.4 Å². The maximum Gasteiger partial charge on any atom is 0.244 e. The van der Waals surface area contributed by atoms with E-state index in [0.717, 1.165) is 56.3 Å². The molecule has 0 spiro atoms. The average molecular weight is 425 g/mol. The van der Waals surface area contributed by atoms with Crippen molar-refractivity contribution in [3.05, 3.63) is 76.9 Å². The van der Waals surface area contributed by atoms with Crippen molar-refractivity contribution in [3.63, 3.8) is 0 Å². The van der Waals surface area contributed by atoms with Crippen LogP contribution in [-0.2, 0) is 17.8 Å². The van der Waals surface area contributed by atoms with E-state index in [1.54, 1.807) is 12.1 Å². The Morgan fingerprint density at radius 1 is 1.06 bits per heavy atom. The molecule has 0 radical (unpaired) electrons. The molecule has 2 aliphatic rings. The molecule has 4 rings (SSSR count). The van der Waals surface area contributed by atoms with E-state index in [-0.39, 0.29) is 11.9 Å². The van der Waals surface area contributed by atoms with Crippen LogP contribution in [0.15, 0.2) is 48.5 Å². The molecule has 1 amide bonds. The molecule has 0 aromatic heterocycles. The van der Waals surface area contributed by atoms with Crippen molar-refractivity contribution in [3.8, 4) is 0 Å². The number of hydrogen-bond donors (Lipinski definition) is 1. The summed E-state index contributed by atoms with van der Waals surface area (Å²) in [4.78, 5) is 14.5. The number of nitrogens with zero attached hydrogens (tertiary/aromatic N) is 1. The van der Waals surface area contributed by atoms with Gasteiger partial charge in [-0.15, -0.1) is 0 Å². The Morgan fingerprint density at radius 3 is 2.61 bits per heavy atom. The molecule has 0 atom stereocenters. The van der Waals surface area contributed by atoms with Crippen LogP contribution in [0.4, 0.5) is 8.78 Å². The second kappa shape index (κ2) is 10.2. The molecule has 0 saturated heterocycles. The number of fused-ring (bicyclic) bond motifs is 1. The van der Waals surface area contributed by atoms with Crippen molar-refractivity contribution in [2.24, 2.45) is 5.92 Å². The first-order valence-electron chi connectivity index (χ1n) is 11.3. The van der Waals surface area contributed by atoms with E-state index in [1.807, 2.05) is 36.4 Å². The standard InChI is InChI=1S/C26H30F2N2O/c27-24-12-9-21-18-30(17-15-23(21)26(24)28)16-14-20-6-10-22(11-7-20)29-25(31)13-8-19-4-2-1-3-5-19/h1-5,8-9,12-13,20,22H,6-7,10-11,14-18H2,(H,29,31)/b13-8+. The molecule has 164 valence electrons. The maximum absolute atomic E-state index is 13.9. The highest BCUT2D eigenvalue weighted by Gasteiger charge is 2.24. The summed E-state index contributed by atoms with van der Waals surface area (Å²) < 4.78 is 27.3. The molecule has 5 heteroatoms. The summed E-state index contributed by atoms with van der Waals surface area (Å²) in [7, 11) is 0. The van der Waals surface area contributed by atoms with Crippen LogP contribution >= 0.6 is 0 Å². The first-order chi connectivity index (χ1) is 15.1. The van der Waals surface area contributed by atoms with Crippen LogP contribution in [0.1, 0.15) is 48.8 Å². The molecule has 1 N–H and O–H groups in total. The van der Waals surface area contributed by atoms with E-state index in [4.69, 9.17) is 0 Å². The molecule has 1 fully saturated rings. The van der Waals surface area contributed by atoms with Gasteiger partial charge in [-0.05, 0) is 79.8 Å². The summed E-state index contributed by atoms with van der Waals surface area (Å²) in [6.07, 6.45) is 9.44. The van der Waals surface area contributed by atoms with E-state index < -0.39 is 11.6 Å². The van der Waals surface area contributed by atoms with Crippen LogP contribution < -0.4 is 5.32 Å². The van der Waals surface area contributed by atoms with Gasteiger partial charge in [-0.3, -0.25) is 9.69 Å². The van der Waals surface area contributed by atoms with E-state index in [2.05, 4.69) is 10.2 Å². The van der Waals surface area contributed by atoms with Gasteiger partial charge in [0.2, 0.25) is 5.91 Å². The zero-order chi connectivity index (χ0) is 21.6. The van der Waals surface area contributed by atoms with E-state index in [0.29, 0.717) is 24.4 Å². The summed E-state index contributed by atoms with van der Waals surface area (Å²) in [6, 6.07) is 13.0. The largest absolute Gasteiger partial charge is 0.350 e. The Hall–Kier alpha value is -2.53. The third kappa shape index (κ3) is 5.79. The lowest BCUT2D eigenvalue weighted by Gasteiger charge is -2.33. The topological polar surface area (TPSA) is 32.3 Å². The minimum absolute atomic E-state index is 0.0250. The van der Waals surface area contributed by atoms with E-state index >= 15 is 0 Å². The van der Waals surface area contributed by atoms with Crippen LogP contribution in [0.5, 0.6) is 0 Å². The fraction of sp³-hybridized carbons (Fsp3) is 0.423. The fourth-order valence-electron chi connectivity index (χ4n) is 4.78. The number of amides is 1. The number of carbonyl (C=O) groups excluding carboxylic acids is 1. The zero-order valence-electron chi connectivity index (χ0n) is 17.8. The van der Waals surface area contributed by atoms with Crippen LogP contribution in [0.25, 0.3) is 6.08 Å². The molecule has 3 nitrogen and oxygen atoms in total. The predicted octanol–water partition coefficient (Wildman–Crippen LogP) is 5.10. The third-order valence-electron chi connectivity index (χ3n) is 6.64. The van der Waals surface area contributed by atoms with E-state index in [9.17, 15) is 13.6 Å². The number of nitrogens with one attached hydrogen (secondary N) is 1. The summed E-state index contributed by atoms with van der Waals surface area (Å²) in [5.74, 6) is -0.773. The van der Waals surface area contributed by atoms with Gasteiger partial charge in [0.05, 0.1) is 0 Å². The van der Waals surface area contributed by atoms with Gasteiger partial charge in [0.25, 0.3) is 0 Å². The molecule has 1 aliphatic heterocycles. The lowest BCUT2D eigenvalue weighted by Crippen LogP contribution is -2.37. The van der Waals surface area contributed by atoms with Gasteiger partial charge in [0.1, 0.15) is 0 Å². The lowest BCUT2D eigenvalue weighted by atomic mass is 9.84. The van der Waals surface area contributed by atoms with Gasteiger partial charge in [-0.2, -0.15) is 0 Å². The Morgan fingerprint density at radius 2 is 1.84 bits per heavy atom. The first-order valence-corrected chi connectivity index (χ1v) is 11.3. The smallest absolute Gasteiger partial charge is 0.244 e. The average Bonchev–Trinajstić information content (AvgIpc) is 2.80. The number of halogens is 2. The number of carbonyl (C=O) groups is 1. The second-order valence-corrected chi connectivity index (χ2v) is 8.78. The fourth-order valence-corrected chi connectivity index (χ4v) is 4.78. The van der Waals surface area contributed by atoms with Gasteiger partial charge >= 0.3 is 0 Å². The highest BCUT2D eigenvalue weighted by Crippen LogP contribution is 2.29. The van der Waals surface area contributed by atoms with Crippen molar-refractivity contribution >= 4 is 12.0 Å². The second-order valence-electron chi connectivity index (χ2n) is 8.78. The highest BCUT2D eigenvalue weighted by atomic mass is 19.2. The van der Waals surface area contributed by atoms with Gasteiger partial charge in [0, 0.05) is 25.2 Å². The Kier molecular flexibility index (Phi) is 7.13. The van der Waals surface area contributed by atoms with Gasteiger partial charge in [-0.25, -0.2) is 8.78 Å². The summed E-state index contributed by atoms with van der Waals surface area (Å²) >= 11 is 0. The van der Waals surface area contributed by atoms with Crippen LogP contribution in [0.2, 0.25) is 0 Å². The number of hydrogen-bond acceptors (Lipinski definition) is 2. The van der Waals surface area contributed by atoms with Crippen molar-refractivity contribution in [1.29, 1.82) is 0 Å². The van der Waals surface area contributed by atoms with Gasteiger partial charge < -0.3 is 5.32 Å². The molecular weight excluding hydrogens is 394 g/mol. The summed E-state index contributed by atoms with van der Waals surface area (Å²) in [5.41, 5.74) is 2.49. The number of benzene rings is 2. The van der Waals surface area contributed by atoms with Crippen LogP contribution in [0.3, 0.4) is 0 Å². The van der Waals surface area contributed by atoms with Crippen molar-refractivity contribution < 1.29 is 13.6 Å². The van der Waals surface area contributed by atoms with Crippen LogP contribution in [0, 0.1) is 17.6 Å². The monoisotopic (exact) mass is 424 g/mol. The predicted molar refractivity (Wildman–Crippen MR) is 119 cm³/mol. The van der Waals surface area contributed by atoms with Gasteiger partial charge in [0.15, 0.2) is 11.6 Å². The summed E-state index contributed by atoms with van der Waals surface area (Å²) in [6.45, 7) is 2.47. The van der Waals surface area contributed by atoms with Crippen molar-refractivity contribution in [1.82, 2.24) is 10.2 Å². The molecule has 1 heterocycles. The maximum atomic E-state index is 13.9. The lowest BCUT2D eigenvalue weighted by molar-refractivity contribution is -0.117. The Labute approximate surface area is 183 Å².